The summed E-state index contributed by atoms with van der Waals surface area (Å²) < 4.78 is 11.3. The highest BCUT2D eigenvalue weighted by Crippen LogP contribution is 2.17. The maximum Gasteiger partial charge on any atom is 0.291 e. The Balaban J connectivity index is 1.59. The van der Waals surface area contributed by atoms with Gasteiger partial charge in [-0.2, -0.15) is 0 Å². The zero-order chi connectivity index (χ0) is 17.6. The Labute approximate surface area is 147 Å². The molecule has 3 aromatic rings. The summed E-state index contributed by atoms with van der Waals surface area (Å²) in [7, 11) is 0. The van der Waals surface area contributed by atoms with Crippen LogP contribution in [0, 0.1) is 6.92 Å². The van der Waals surface area contributed by atoms with Crippen LogP contribution in [-0.2, 0) is 13.0 Å². The number of carbonyl (C=O) groups excluding carboxylic acids is 1. The van der Waals surface area contributed by atoms with Gasteiger partial charge in [0, 0.05) is 5.69 Å². The van der Waals surface area contributed by atoms with Gasteiger partial charge in [0.15, 0.2) is 5.76 Å². The van der Waals surface area contributed by atoms with Crippen LogP contribution in [0.25, 0.3) is 0 Å². The Hall–Kier alpha value is -3.01. The summed E-state index contributed by atoms with van der Waals surface area (Å²) in [5.74, 6) is 1.37. The molecule has 128 valence electrons. The number of nitrogens with one attached hydrogen (secondary N) is 1. The molecule has 0 unspecified atom stereocenters. The molecular formula is C21H21NO3. The van der Waals surface area contributed by atoms with E-state index in [-0.39, 0.29) is 18.3 Å². The largest absolute Gasteiger partial charge is 0.486 e. The number of hydrogen-bond acceptors (Lipinski definition) is 3. The van der Waals surface area contributed by atoms with Crippen LogP contribution in [0.3, 0.4) is 0 Å². The average molecular weight is 335 g/mol. The van der Waals surface area contributed by atoms with Gasteiger partial charge in [0.1, 0.15) is 18.1 Å². The van der Waals surface area contributed by atoms with Crippen molar-refractivity contribution in [2.24, 2.45) is 0 Å². The highest BCUT2D eigenvalue weighted by Gasteiger charge is 2.12. The summed E-state index contributed by atoms with van der Waals surface area (Å²) in [5, 5.41) is 2.83. The average Bonchev–Trinajstić information content (AvgIpc) is 3.10. The van der Waals surface area contributed by atoms with Crippen molar-refractivity contribution in [3.8, 4) is 5.75 Å². The van der Waals surface area contributed by atoms with Crippen molar-refractivity contribution in [3.63, 3.8) is 0 Å². The molecule has 1 N–H and O–H groups in total. The Morgan fingerprint density at radius 2 is 1.88 bits per heavy atom. The smallest absolute Gasteiger partial charge is 0.291 e. The minimum atomic E-state index is -0.272. The molecule has 0 radical (unpaired) electrons. The molecule has 0 spiro atoms. The number of anilines is 1. The first-order valence-corrected chi connectivity index (χ1v) is 8.32. The third kappa shape index (κ3) is 4.51. The topological polar surface area (TPSA) is 51.5 Å². The van der Waals surface area contributed by atoms with E-state index >= 15 is 0 Å². The number of benzene rings is 2. The van der Waals surface area contributed by atoms with E-state index in [0.717, 1.165) is 23.4 Å². The lowest BCUT2D eigenvalue weighted by molar-refractivity contribution is 0.0992. The lowest BCUT2D eigenvalue weighted by Crippen LogP contribution is -2.10. The van der Waals surface area contributed by atoms with Gasteiger partial charge in [-0.15, -0.1) is 0 Å². The van der Waals surface area contributed by atoms with E-state index in [1.807, 2.05) is 55.5 Å². The minimum Gasteiger partial charge on any atom is -0.486 e. The van der Waals surface area contributed by atoms with Crippen molar-refractivity contribution in [2.45, 2.75) is 26.9 Å². The first-order chi connectivity index (χ1) is 12.1. The van der Waals surface area contributed by atoms with E-state index in [0.29, 0.717) is 5.76 Å². The van der Waals surface area contributed by atoms with Crippen molar-refractivity contribution < 1.29 is 13.9 Å². The van der Waals surface area contributed by atoms with Crippen LogP contribution in [0.2, 0.25) is 0 Å². The van der Waals surface area contributed by atoms with E-state index in [9.17, 15) is 4.79 Å². The van der Waals surface area contributed by atoms with Gasteiger partial charge in [-0.25, -0.2) is 0 Å². The monoisotopic (exact) mass is 335 g/mol. The number of furan rings is 1. The number of ether oxygens (including phenoxy) is 1. The molecule has 0 saturated carbocycles. The van der Waals surface area contributed by atoms with Crippen LogP contribution in [-0.4, -0.2) is 5.91 Å². The molecule has 0 bridgehead atoms. The van der Waals surface area contributed by atoms with E-state index in [2.05, 4.69) is 12.2 Å². The van der Waals surface area contributed by atoms with Crippen molar-refractivity contribution in [1.29, 1.82) is 0 Å². The number of amides is 1. The molecule has 0 aliphatic heterocycles. The lowest BCUT2D eigenvalue weighted by Gasteiger charge is -2.05. The molecule has 4 nitrogen and oxygen atoms in total. The Bertz CT molecular complexity index is 850. The number of hydrogen-bond donors (Lipinski definition) is 1. The van der Waals surface area contributed by atoms with Crippen LogP contribution < -0.4 is 10.1 Å². The van der Waals surface area contributed by atoms with Gasteiger partial charge < -0.3 is 14.5 Å². The molecule has 0 atom stereocenters. The van der Waals surface area contributed by atoms with Crippen molar-refractivity contribution in [2.75, 3.05) is 5.32 Å². The Morgan fingerprint density at radius 1 is 1.08 bits per heavy atom. The van der Waals surface area contributed by atoms with Gasteiger partial charge in [-0.1, -0.05) is 31.2 Å². The van der Waals surface area contributed by atoms with Gasteiger partial charge in [0.25, 0.3) is 5.91 Å². The Morgan fingerprint density at radius 3 is 2.60 bits per heavy atom. The van der Waals surface area contributed by atoms with Gasteiger partial charge in [0.2, 0.25) is 0 Å². The number of rotatable bonds is 6. The molecule has 0 aliphatic rings. The molecule has 25 heavy (non-hydrogen) atoms. The quantitative estimate of drug-likeness (QED) is 0.691. The van der Waals surface area contributed by atoms with Gasteiger partial charge in [0.05, 0.1) is 0 Å². The van der Waals surface area contributed by atoms with Crippen LogP contribution in [0.15, 0.2) is 65.1 Å². The summed E-state index contributed by atoms with van der Waals surface area (Å²) in [6.45, 7) is 4.38. The first-order valence-electron chi connectivity index (χ1n) is 8.32. The molecule has 1 amide bonds. The van der Waals surface area contributed by atoms with Crippen molar-refractivity contribution in [1.82, 2.24) is 0 Å². The fraction of sp³-hybridized carbons (Fsp3) is 0.190. The summed E-state index contributed by atoms with van der Waals surface area (Å²) in [6.07, 6.45) is 0.969. The van der Waals surface area contributed by atoms with E-state index < -0.39 is 0 Å². The molecular weight excluding hydrogens is 314 g/mol. The lowest BCUT2D eigenvalue weighted by atomic mass is 10.1. The first kappa shape index (κ1) is 16.8. The van der Waals surface area contributed by atoms with Gasteiger partial charge in [-0.05, 0) is 60.9 Å². The third-order valence-electron chi connectivity index (χ3n) is 3.88. The minimum absolute atomic E-state index is 0.266. The molecule has 3 rings (SSSR count). The zero-order valence-corrected chi connectivity index (χ0v) is 14.4. The fourth-order valence-electron chi connectivity index (χ4n) is 2.45. The third-order valence-corrected chi connectivity index (χ3v) is 3.88. The van der Waals surface area contributed by atoms with Gasteiger partial charge >= 0.3 is 0 Å². The predicted molar refractivity (Wildman–Crippen MR) is 98.0 cm³/mol. The molecule has 4 heteroatoms. The second-order valence-electron chi connectivity index (χ2n) is 5.88. The van der Waals surface area contributed by atoms with Crippen LogP contribution >= 0.6 is 0 Å². The standard InChI is InChI=1S/C21H21NO3/c1-3-16-7-9-17(10-8-16)22-21(23)20-12-11-19(25-20)14-24-18-6-4-5-15(2)13-18/h4-13H,3,14H2,1-2H3,(H,22,23). The molecule has 2 aromatic carbocycles. The van der Waals surface area contributed by atoms with Crippen LogP contribution in [0.5, 0.6) is 5.75 Å². The fourth-order valence-corrected chi connectivity index (χ4v) is 2.45. The molecule has 1 aromatic heterocycles. The highest BCUT2D eigenvalue weighted by atomic mass is 16.5. The van der Waals surface area contributed by atoms with E-state index in [1.54, 1.807) is 12.1 Å². The number of carbonyl (C=O) groups is 1. The van der Waals surface area contributed by atoms with Crippen molar-refractivity contribution in [3.05, 3.63) is 83.3 Å². The predicted octanol–water partition coefficient (Wildman–Crippen LogP) is 4.98. The molecule has 1 heterocycles. The highest BCUT2D eigenvalue weighted by molar-refractivity contribution is 6.02. The zero-order valence-electron chi connectivity index (χ0n) is 14.4. The Kier molecular flexibility index (Phi) is 5.19. The van der Waals surface area contributed by atoms with Crippen LogP contribution in [0.1, 0.15) is 34.4 Å². The second-order valence-corrected chi connectivity index (χ2v) is 5.88. The normalized spacial score (nSPS) is 10.5. The summed E-state index contributed by atoms with van der Waals surface area (Å²) in [6, 6.07) is 19.0. The summed E-state index contributed by atoms with van der Waals surface area (Å²) in [5.41, 5.74) is 3.11. The van der Waals surface area contributed by atoms with Crippen molar-refractivity contribution >= 4 is 11.6 Å². The van der Waals surface area contributed by atoms with E-state index in [1.165, 1.54) is 5.56 Å². The van der Waals surface area contributed by atoms with Crippen LogP contribution in [0.4, 0.5) is 5.69 Å². The molecule has 0 aliphatic carbocycles. The van der Waals surface area contributed by atoms with Gasteiger partial charge in [-0.3, -0.25) is 4.79 Å². The SMILES string of the molecule is CCc1ccc(NC(=O)c2ccc(COc3cccc(C)c3)o2)cc1. The summed E-state index contributed by atoms with van der Waals surface area (Å²) in [4.78, 5) is 12.3. The maximum atomic E-state index is 12.3. The van der Waals surface area contributed by atoms with E-state index in [4.69, 9.17) is 9.15 Å². The summed E-state index contributed by atoms with van der Waals surface area (Å²) >= 11 is 0. The maximum absolute atomic E-state index is 12.3. The molecule has 0 saturated heterocycles. The number of aryl methyl sites for hydroxylation is 2. The second kappa shape index (κ2) is 7.71. The molecule has 0 fully saturated rings.